The van der Waals surface area contributed by atoms with Gasteiger partial charge in [-0.2, -0.15) is 9.97 Å². The normalized spacial score (nSPS) is 19.8. The van der Waals surface area contributed by atoms with Crippen LogP contribution in [0.15, 0.2) is 30.3 Å². The van der Waals surface area contributed by atoms with Gasteiger partial charge in [-0.1, -0.05) is 25.5 Å². The fourth-order valence-corrected chi connectivity index (χ4v) is 5.29. The van der Waals surface area contributed by atoms with Crippen LogP contribution in [0.3, 0.4) is 0 Å². The molecule has 2 fully saturated rings. The van der Waals surface area contributed by atoms with Crippen LogP contribution < -0.4 is 10.2 Å². The maximum absolute atomic E-state index is 14.1. The first-order valence-corrected chi connectivity index (χ1v) is 14.1. The zero-order chi connectivity index (χ0) is 28.1. The highest BCUT2D eigenvalue weighted by molar-refractivity contribution is 5.78. The molecule has 216 valence electrons. The van der Waals surface area contributed by atoms with E-state index in [9.17, 15) is 13.6 Å². The number of amides is 1. The van der Waals surface area contributed by atoms with Gasteiger partial charge in [0, 0.05) is 32.2 Å². The van der Waals surface area contributed by atoms with Gasteiger partial charge >= 0.3 is 6.09 Å². The summed E-state index contributed by atoms with van der Waals surface area (Å²) in [5.41, 5.74) is 1.02. The van der Waals surface area contributed by atoms with Crippen molar-refractivity contribution in [1.82, 2.24) is 24.4 Å². The summed E-state index contributed by atoms with van der Waals surface area (Å²) in [6.07, 6.45) is 0.590. The molecule has 0 aliphatic carbocycles. The first-order chi connectivity index (χ1) is 19.4. The molecule has 2 atom stereocenters. The summed E-state index contributed by atoms with van der Waals surface area (Å²) in [4.78, 5) is 30.0. The Morgan fingerprint density at radius 1 is 1.20 bits per heavy atom. The highest BCUT2D eigenvalue weighted by atomic mass is 19.3. The minimum absolute atomic E-state index is 0.0593. The van der Waals surface area contributed by atoms with Gasteiger partial charge in [0.25, 0.3) is 6.43 Å². The second-order valence-corrected chi connectivity index (χ2v) is 10.4. The van der Waals surface area contributed by atoms with Crippen LogP contribution in [-0.2, 0) is 9.47 Å². The number of imidazole rings is 1. The van der Waals surface area contributed by atoms with Crippen LogP contribution in [0, 0.1) is 5.92 Å². The average Bonchev–Trinajstić information content (AvgIpc) is 3.37. The smallest absolute Gasteiger partial charge is 0.409 e. The van der Waals surface area contributed by atoms with Crippen molar-refractivity contribution in [3.05, 3.63) is 36.2 Å². The highest BCUT2D eigenvalue weighted by Crippen LogP contribution is 2.30. The van der Waals surface area contributed by atoms with Crippen molar-refractivity contribution in [3.63, 3.8) is 0 Å². The zero-order valence-corrected chi connectivity index (χ0v) is 23.1. The number of nitrogens with zero attached hydrogens (tertiary/aromatic N) is 6. The zero-order valence-electron chi connectivity index (χ0n) is 23.1. The SMILES string of the molecule is CCCCOC(=O)N1CCC[C@H](CNc2nc(N3CCOC[C@H]3C)cc(-n3c(C(F)F)nc4ccccc43)n2)C1. The summed E-state index contributed by atoms with van der Waals surface area (Å²) in [5.74, 6) is 1.10. The van der Waals surface area contributed by atoms with Crippen LogP contribution in [0.25, 0.3) is 16.9 Å². The number of alkyl halides is 2. The third-order valence-corrected chi connectivity index (χ3v) is 7.42. The van der Waals surface area contributed by atoms with E-state index in [-0.39, 0.29) is 23.9 Å². The molecule has 3 aromatic rings. The number of para-hydroxylation sites is 2. The van der Waals surface area contributed by atoms with Crippen LogP contribution in [0.2, 0.25) is 0 Å². The van der Waals surface area contributed by atoms with Crippen LogP contribution >= 0.6 is 0 Å². The van der Waals surface area contributed by atoms with E-state index in [0.29, 0.717) is 74.6 Å². The second kappa shape index (κ2) is 12.8. The lowest BCUT2D eigenvalue weighted by Gasteiger charge is -2.34. The summed E-state index contributed by atoms with van der Waals surface area (Å²) in [7, 11) is 0. The molecule has 4 heterocycles. The number of morpholine rings is 1. The van der Waals surface area contributed by atoms with E-state index in [1.165, 1.54) is 4.57 Å². The Bertz CT molecular complexity index is 1300. The average molecular weight is 558 g/mol. The fourth-order valence-electron chi connectivity index (χ4n) is 5.29. The van der Waals surface area contributed by atoms with Crippen LogP contribution in [0.5, 0.6) is 0 Å². The number of hydrogen-bond donors (Lipinski definition) is 1. The van der Waals surface area contributed by atoms with Gasteiger partial charge in [0.1, 0.15) is 11.6 Å². The topological polar surface area (TPSA) is 97.6 Å². The monoisotopic (exact) mass is 557 g/mol. The molecule has 2 aliphatic heterocycles. The molecule has 12 heteroatoms. The van der Waals surface area contributed by atoms with Crippen molar-refractivity contribution in [2.24, 2.45) is 5.92 Å². The van der Waals surface area contributed by atoms with Crippen molar-refractivity contribution < 1.29 is 23.0 Å². The maximum Gasteiger partial charge on any atom is 0.409 e. The van der Waals surface area contributed by atoms with Gasteiger partial charge < -0.3 is 24.6 Å². The van der Waals surface area contributed by atoms with Crippen molar-refractivity contribution in [1.29, 1.82) is 0 Å². The van der Waals surface area contributed by atoms with Gasteiger partial charge in [-0.05, 0) is 44.2 Å². The first kappa shape index (κ1) is 28.0. The van der Waals surface area contributed by atoms with Gasteiger partial charge in [0.15, 0.2) is 5.82 Å². The summed E-state index contributed by atoms with van der Waals surface area (Å²) in [6.45, 7) is 8.04. The van der Waals surface area contributed by atoms with E-state index in [2.05, 4.69) is 27.1 Å². The molecule has 5 rings (SSSR count). The molecule has 2 aromatic heterocycles. The number of anilines is 2. The maximum atomic E-state index is 14.1. The molecule has 0 spiro atoms. The molecule has 10 nitrogen and oxygen atoms in total. The summed E-state index contributed by atoms with van der Waals surface area (Å²) in [5, 5.41) is 3.34. The third kappa shape index (κ3) is 6.27. The van der Waals surface area contributed by atoms with E-state index in [1.807, 2.05) is 6.92 Å². The molecule has 1 aromatic carbocycles. The largest absolute Gasteiger partial charge is 0.449 e. The van der Waals surface area contributed by atoms with E-state index in [0.717, 1.165) is 25.7 Å². The number of benzene rings is 1. The summed E-state index contributed by atoms with van der Waals surface area (Å²) in [6, 6.07) is 8.84. The number of aromatic nitrogens is 4. The van der Waals surface area contributed by atoms with E-state index in [4.69, 9.17) is 14.5 Å². The lowest BCUT2D eigenvalue weighted by Crippen LogP contribution is -2.44. The Labute approximate surface area is 232 Å². The number of rotatable bonds is 9. The number of unbranched alkanes of at least 4 members (excludes halogenated alkanes) is 1. The molecule has 0 bridgehead atoms. The number of ether oxygens (including phenoxy) is 2. The van der Waals surface area contributed by atoms with Gasteiger partial charge in [-0.15, -0.1) is 0 Å². The molecular formula is C28H37F2N7O3. The van der Waals surface area contributed by atoms with E-state index < -0.39 is 6.43 Å². The Kier molecular flexibility index (Phi) is 8.93. The predicted molar refractivity (Wildman–Crippen MR) is 148 cm³/mol. The van der Waals surface area contributed by atoms with Crippen molar-refractivity contribution in [3.8, 4) is 5.82 Å². The molecule has 0 unspecified atom stereocenters. The number of carbonyl (C=O) groups excluding carboxylic acids is 1. The molecule has 40 heavy (non-hydrogen) atoms. The Balaban J connectivity index is 1.42. The van der Waals surface area contributed by atoms with E-state index >= 15 is 0 Å². The minimum Gasteiger partial charge on any atom is -0.449 e. The van der Waals surface area contributed by atoms with E-state index in [1.54, 1.807) is 35.2 Å². The number of nitrogens with one attached hydrogen (secondary N) is 1. The van der Waals surface area contributed by atoms with Crippen LogP contribution in [0.1, 0.15) is 51.8 Å². The first-order valence-electron chi connectivity index (χ1n) is 14.1. The predicted octanol–water partition coefficient (Wildman–Crippen LogP) is 5.04. The number of halogens is 2. The van der Waals surface area contributed by atoms with Gasteiger partial charge in [0.2, 0.25) is 5.95 Å². The molecule has 1 N–H and O–H groups in total. The minimum atomic E-state index is -2.78. The van der Waals surface area contributed by atoms with Crippen molar-refractivity contribution >= 4 is 28.9 Å². The number of hydrogen-bond acceptors (Lipinski definition) is 8. The lowest BCUT2D eigenvalue weighted by atomic mass is 9.98. The molecule has 2 saturated heterocycles. The molecular weight excluding hydrogens is 520 g/mol. The molecule has 0 saturated carbocycles. The van der Waals surface area contributed by atoms with Crippen LogP contribution in [0.4, 0.5) is 25.3 Å². The Morgan fingerprint density at radius 2 is 2.02 bits per heavy atom. The van der Waals surface area contributed by atoms with Gasteiger partial charge in [0.05, 0.1) is 36.9 Å². The molecule has 0 radical (unpaired) electrons. The molecule has 2 aliphatic rings. The number of likely N-dealkylation sites (tertiary alicyclic amines) is 1. The lowest BCUT2D eigenvalue weighted by molar-refractivity contribution is 0.0847. The van der Waals surface area contributed by atoms with Gasteiger partial charge in [-0.25, -0.2) is 18.6 Å². The van der Waals surface area contributed by atoms with Crippen molar-refractivity contribution in [2.45, 2.75) is 52.0 Å². The quantitative estimate of drug-likeness (QED) is 0.366. The Hall–Kier alpha value is -3.54. The standard InChI is InChI=1S/C28H37F2N7O3/c1-3-4-13-40-28(38)35-11-7-8-20(17-35)16-31-27-33-23(36-12-14-39-18-19(36)2)15-24(34-27)37-22-10-6-5-9-21(22)32-26(37)25(29)30/h5-6,9-10,15,19-20,25H,3-4,7-8,11-14,16-18H2,1-2H3,(H,31,33,34)/t19-,20-/m1/s1. The number of carbonyl (C=O) groups is 1. The van der Waals surface area contributed by atoms with Crippen LogP contribution in [-0.4, -0.2) is 82.6 Å². The third-order valence-electron chi connectivity index (χ3n) is 7.42. The fraction of sp³-hybridized carbons (Fsp3) is 0.571. The summed E-state index contributed by atoms with van der Waals surface area (Å²) >= 11 is 0. The number of piperidine rings is 1. The van der Waals surface area contributed by atoms with Crippen molar-refractivity contribution in [2.75, 3.05) is 56.2 Å². The highest BCUT2D eigenvalue weighted by Gasteiger charge is 2.27. The molecule has 1 amide bonds. The Morgan fingerprint density at radius 3 is 2.83 bits per heavy atom. The van der Waals surface area contributed by atoms with Gasteiger partial charge in [-0.3, -0.25) is 4.57 Å². The summed E-state index contributed by atoms with van der Waals surface area (Å²) < 4.78 is 40.7. The second-order valence-electron chi connectivity index (χ2n) is 10.4. The number of fused-ring (bicyclic) bond motifs is 1.